The Morgan fingerprint density at radius 1 is 1.38 bits per heavy atom. The van der Waals surface area contributed by atoms with E-state index < -0.39 is 18.6 Å². The molecule has 0 atom stereocenters. The van der Waals surface area contributed by atoms with Crippen LogP contribution in [0.2, 0.25) is 0 Å². The molecule has 1 aromatic carbocycles. The lowest BCUT2D eigenvalue weighted by molar-refractivity contribution is -0.140. The van der Waals surface area contributed by atoms with Crippen molar-refractivity contribution in [3.05, 3.63) is 34.9 Å². The first-order chi connectivity index (χ1) is 9.78. The first-order valence-corrected chi connectivity index (χ1v) is 6.44. The van der Waals surface area contributed by atoms with Gasteiger partial charge in [-0.25, -0.2) is 0 Å². The third kappa shape index (κ3) is 5.12. The van der Waals surface area contributed by atoms with E-state index in [1.807, 2.05) is 6.92 Å². The number of hydrogen-bond acceptors (Lipinski definition) is 2. The van der Waals surface area contributed by atoms with Gasteiger partial charge in [0.2, 0.25) is 0 Å². The van der Waals surface area contributed by atoms with Crippen LogP contribution in [0.25, 0.3) is 0 Å². The van der Waals surface area contributed by atoms with E-state index in [2.05, 4.69) is 11.8 Å². The summed E-state index contributed by atoms with van der Waals surface area (Å²) < 4.78 is 37.5. The van der Waals surface area contributed by atoms with Gasteiger partial charge in [0, 0.05) is 12.1 Å². The fourth-order valence-corrected chi connectivity index (χ4v) is 1.81. The van der Waals surface area contributed by atoms with Crippen LogP contribution < -0.4 is 5.73 Å². The second-order valence-corrected chi connectivity index (χ2v) is 4.49. The number of rotatable bonds is 3. The van der Waals surface area contributed by atoms with Gasteiger partial charge in [0.25, 0.3) is 5.91 Å². The highest BCUT2D eigenvalue weighted by atomic mass is 19.4. The average molecular weight is 298 g/mol. The number of halogens is 3. The minimum absolute atomic E-state index is 0.0318. The van der Waals surface area contributed by atoms with Gasteiger partial charge in [-0.05, 0) is 31.5 Å². The molecule has 0 heterocycles. The molecule has 0 aromatic heterocycles. The molecule has 0 saturated carbocycles. The van der Waals surface area contributed by atoms with Gasteiger partial charge < -0.3 is 10.6 Å². The molecule has 1 aromatic rings. The van der Waals surface area contributed by atoms with E-state index in [4.69, 9.17) is 5.73 Å². The molecule has 0 fully saturated rings. The van der Waals surface area contributed by atoms with Crippen molar-refractivity contribution >= 4 is 5.91 Å². The zero-order chi connectivity index (χ0) is 16.0. The summed E-state index contributed by atoms with van der Waals surface area (Å²) in [5, 5.41) is 0. The summed E-state index contributed by atoms with van der Waals surface area (Å²) in [6.45, 7) is 2.12. The Hall–Kier alpha value is -2.00. The van der Waals surface area contributed by atoms with Crippen molar-refractivity contribution in [2.24, 2.45) is 5.73 Å². The zero-order valence-corrected chi connectivity index (χ0v) is 11.9. The molecule has 2 N–H and O–H groups in total. The Morgan fingerprint density at radius 3 is 2.57 bits per heavy atom. The van der Waals surface area contributed by atoms with Gasteiger partial charge in [0.05, 0.1) is 12.1 Å². The molecule has 0 unspecified atom stereocenters. The lowest BCUT2D eigenvalue weighted by Gasteiger charge is -2.23. The summed E-state index contributed by atoms with van der Waals surface area (Å²) in [5.74, 6) is 4.67. The van der Waals surface area contributed by atoms with Crippen LogP contribution in [0.15, 0.2) is 18.2 Å². The molecule has 0 aliphatic heterocycles. The quantitative estimate of drug-likeness (QED) is 0.871. The molecule has 1 amide bonds. The number of aryl methyl sites for hydroxylation is 1. The molecule has 0 saturated heterocycles. The van der Waals surface area contributed by atoms with Crippen molar-refractivity contribution in [3.8, 4) is 11.8 Å². The summed E-state index contributed by atoms with van der Waals surface area (Å²) in [5.41, 5.74) is 6.71. The molecule has 0 bridgehead atoms. The summed E-state index contributed by atoms with van der Waals surface area (Å²) >= 11 is 0. The fourth-order valence-electron chi connectivity index (χ4n) is 1.81. The molecular weight excluding hydrogens is 281 g/mol. The van der Waals surface area contributed by atoms with Crippen molar-refractivity contribution < 1.29 is 18.0 Å². The normalized spacial score (nSPS) is 10.8. The summed E-state index contributed by atoms with van der Waals surface area (Å²) in [6, 6.07) is 4.83. The summed E-state index contributed by atoms with van der Waals surface area (Å²) in [4.78, 5) is 13.0. The smallest absolute Gasteiger partial charge is 0.330 e. The third-order valence-electron chi connectivity index (χ3n) is 2.77. The second kappa shape index (κ2) is 7.14. The highest BCUT2D eigenvalue weighted by Gasteiger charge is 2.33. The second-order valence-electron chi connectivity index (χ2n) is 4.49. The van der Waals surface area contributed by atoms with Crippen LogP contribution in [0.3, 0.4) is 0 Å². The molecule has 1 rings (SSSR count). The maximum atomic E-state index is 12.5. The van der Waals surface area contributed by atoms with Crippen molar-refractivity contribution in [2.75, 3.05) is 19.6 Å². The number of nitrogens with zero attached hydrogens (tertiary/aromatic N) is 1. The Labute approximate surface area is 121 Å². The van der Waals surface area contributed by atoms with Gasteiger partial charge in [0.15, 0.2) is 0 Å². The maximum absolute atomic E-state index is 12.5. The predicted octanol–water partition coefficient (Wildman–Crippen LogP) is 2.33. The van der Waals surface area contributed by atoms with Gasteiger partial charge in [-0.1, -0.05) is 17.9 Å². The number of carbonyl (C=O) groups is 1. The van der Waals surface area contributed by atoms with Crippen LogP contribution in [0.1, 0.15) is 28.4 Å². The first-order valence-electron chi connectivity index (χ1n) is 6.44. The first kappa shape index (κ1) is 17.1. The topological polar surface area (TPSA) is 46.3 Å². The van der Waals surface area contributed by atoms with Gasteiger partial charge in [-0.15, -0.1) is 0 Å². The lowest BCUT2D eigenvalue weighted by Crippen LogP contribution is -2.39. The molecule has 6 heteroatoms. The van der Waals surface area contributed by atoms with Crippen molar-refractivity contribution in [1.29, 1.82) is 0 Å². The number of nitrogens with two attached hydrogens (primary N) is 1. The number of hydrogen-bond donors (Lipinski definition) is 1. The molecule has 0 aliphatic rings. The molecule has 114 valence electrons. The number of alkyl halides is 3. The van der Waals surface area contributed by atoms with Crippen LogP contribution in [0, 0.1) is 18.8 Å². The van der Waals surface area contributed by atoms with Crippen LogP contribution in [-0.2, 0) is 0 Å². The Kier molecular flexibility index (Phi) is 5.79. The van der Waals surface area contributed by atoms with Crippen molar-refractivity contribution in [3.63, 3.8) is 0 Å². The van der Waals surface area contributed by atoms with Crippen LogP contribution in [-0.4, -0.2) is 36.6 Å². The lowest BCUT2D eigenvalue weighted by atomic mass is 10.0. The minimum atomic E-state index is -4.43. The van der Waals surface area contributed by atoms with Crippen LogP contribution in [0.4, 0.5) is 13.2 Å². The van der Waals surface area contributed by atoms with Crippen LogP contribution >= 0.6 is 0 Å². The molecule has 21 heavy (non-hydrogen) atoms. The number of amides is 1. The molecular formula is C15H17F3N2O. The van der Waals surface area contributed by atoms with Gasteiger partial charge >= 0.3 is 6.18 Å². The largest absolute Gasteiger partial charge is 0.406 e. The monoisotopic (exact) mass is 298 g/mol. The highest BCUT2D eigenvalue weighted by molar-refractivity contribution is 5.96. The molecule has 0 spiro atoms. The van der Waals surface area contributed by atoms with Gasteiger partial charge in [0.1, 0.15) is 6.54 Å². The SMILES string of the molecule is CCN(CC(F)(F)F)C(=O)c1ccc(C)cc1C#CCN. The minimum Gasteiger partial charge on any atom is -0.330 e. The van der Waals surface area contributed by atoms with E-state index >= 15 is 0 Å². The number of carbonyl (C=O) groups excluding carboxylic acids is 1. The number of benzene rings is 1. The maximum Gasteiger partial charge on any atom is 0.406 e. The molecule has 0 aliphatic carbocycles. The van der Waals surface area contributed by atoms with E-state index in [0.717, 1.165) is 10.5 Å². The average Bonchev–Trinajstić information content (AvgIpc) is 2.41. The summed E-state index contributed by atoms with van der Waals surface area (Å²) in [6.07, 6.45) is -4.43. The van der Waals surface area contributed by atoms with Crippen molar-refractivity contribution in [2.45, 2.75) is 20.0 Å². The van der Waals surface area contributed by atoms with E-state index in [9.17, 15) is 18.0 Å². The van der Waals surface area contributed by atoms with E-state index in [0.29, 0.717) is 5.56 Å². The molecule has 3 nitrogen and oxygen atoms in total. The predicted molar refractivity (Wildman–Crippen MR) is 74.7 cm³/mol. The fraction of sp³-hybridized carbons (Fsp3) is 0.400. The zero-order valence-electron chi connectivity index (χ0n) is 11.9. The van der Waals surface area contributed by atoms with Crippen LogP contribution in [0.5, 0.6) is 0 Å². The van der Waals surface area contributed by atoms with Gasteiger partial charge in [-0.2, -0.15) is 13.2 Å². The van der Waals surface area contributed by atoms with E-state index in [1.165, 1.54) is 13.0 Å². The Balaban J connectivity index is 3.16. The Morgan fingerprint density at radius 2 is 2.05 bits per heavy atom. The summed E-state index contributed by atoms with van der Waals surface area (Å²) in [7, 11) is 0. The Bertz CT molecular complexity index is 571. The van der Waals surface area contributed by atoms with E-state index in [1.54, 1.807) is 12.1 Å². The van der Waals surface area contributed by atoms with Crippen molar-refractivity contribution in [1.82, 2.24) is 4.90 Å². The van der Waals surface area contributed by atoms with Gasteiger partial charge in [-0.3, -0.25) is 4.79 Å². The molecule has 0 radical (unpaired) electrons. The van der Waals surface area contributed by atoms with E-state index in [-0.39, 0.29) is 18.7 Å². The third-order valence-corrected chi connectivity index (χ3v) is 2.77. The highest BCUT2D eigenvalue weighted by Crippen LogP contribution is 2.19. The standard InChI is InChI=1S/C15H17F3N2O/c1-3-20(10-15(16,17)18)14(21)13-7-6-11(2)9-12(13)5-4-8-19/h6-7,9H,3,8,10,19H2,1-2H3.